The lowest BCUT2D eigenvalue weighted by atomic mass is 10.0. The fourth-order valence-electron chi connectivity index (χ4n) is 3.32. The average molecular weight is 322 g/mol. The number of aromatic nitrogens is 2. The van der Waals surface area contributed by atoms with Crippen LogP contribution in [0, 0.1) is 5.92 Å². The van der Waals surface area contributed by atoms with Gasteiger partial charge in [0.15, 0.2) is 0 Å². The van der Waals surface area contributed by atoms with Crippen LogP contribution in [0.1, 0.15) is 110 Å². The van der Waals surface area contributed by atoms with Gasteiger partial charge in [-0.3, -0.25) is 0 Å². The number of hydrogen-bond acceptors (Lipinski definition) is 0. The minimum absolute atomic E-state index is 0.566. The van der Waals surface area contributed by atoms with Gasteiger partial charge in [0.1, 0.15) is 12.4 Å². The zero-order chi connectivity index (χ0) is 16.9. The summed E-state index contributed by atoms with van der Waals surface area (Å²) >= 11 is 0. The van der Waals surface area contributed by atoms with Gasteiger partial charge in [0.05, 0.1) is 6.04 Å². The molecule has 0 unspecified atom stereocenters. The smallest absolute Gasteiger partial charge is 0.248 e. The molecule has 2 heteroatoms. The molecule has 0 aliphatic carbocycles. The number of nitrogens with zero attached hydrogens (tertiary/aromatic N) is 1. The highest BCUT2D eigenvalue weighted by Crippen LogP contribution is 2.13. The first kappa shape index (κ1) is 20.3. The summed E-state index contributed by atoms with van der Waals surface area (Å²) in [6.45, 7) is 9.16. The van der Waals surface area contributed by atoms with Gasteiger partial charge < -0.3 is 0 Å². The van der Waals surface area contributed by atoms with Crippen LogP contribution in [0.5, 0.6) is 0 Å². The summed E-state index contributed by atoms with van der Waals surface area (Å²) in [5.74, 6) is 2.28. The summed E-state index contributed by atoms with van der Waals surface area (Å²) in [6.07, 6.45) is 21.1. The molecule has 0 amide bonds. The van der Waals surface area contributed by atoms with E-state index in [1.54, 1.807) is 0 Å². The molecule has 1 heterocycles. The second-order valence-corrected chi connectivity index (χ2v) is 7.88. The molecule has 134 valence electrons. The Balaban J connectivity index is 1.87. The van der Waals surface area contributed by atoms with Crippen molar-refractivity contribution in [2.75, 3.05) is 0 Å². The molecular formula is C21H41N2+. The van der Waals surface area contributed by atoms with Gasteiger partial charge in [-0.2, -0.15) is 0 Å². The van der Waals surface area contributed by atoms with Crippen LogP contribution in [0.3, 0.4) is 0 Å². The maximum atomic E-state index is 3.39. The molecule has 2 nitrogen and oxygen atoms in total. The monoisotopic (exact) mass is 321 g/mol. The van der Waals surface area contributed by atoms with Crippen LogP contribution in [0.4, 0.5) is 0 Å². The van der Waals surface area contributed by atoms with Crippen molar-refractivity contribution >= 4 is 0 Å². The molecular weight excluding hydrogens is 280 g/mol. The normalized spacial score (nSPS) is 11.7. The van der Waals surface area contributed by atoms with Crippen molar-refractivity contribution in [1.82, 2.24) is 4.98 Å². The average Bonchev–Trinajstić information content (AvgIpc) is 2.96. The van der Waals surface area contributed by atoms with Gasteiger partial charge in [-0.25, -0.2) is 9.55 Å². The number of nitrogens with one attached hydrogen (secondary N) is 1. The predicted octanol–water partition coefficient (Wildman–Crippen LogP) is 6.37. The third kappa shape index (κ3) is 9.84. The standard InChI is InChI=1S/C21H40N2/c1-19(2)15-13-11-9-7-5-6-8-10-12-14-16-21-22-17-18-23(21)20(3)4/h17-20H,5-16H2,1-4H3/p+1. The number of H-pyrrole nitrogens is 1. The van der Waals surface area contributed by atoms with E-state index in [1.165, 1.54) is 82.9 Å². The summed E-state index contributed by atoms with van der Waals surface area (Å²) in [5, 5.41) is 0. The maximum absolute atomic E-state index is 3.39. The predicted molar refractivity (Wildman–Crippen MR) is 101 cm³/mol. The van der Waals surface area contributed by atoms with E-state index in [1.807, 2.05) is 0 Å². The van der Waals surface area contributed by atoms with E-state index in [0.29, 0.717) is 6.04 Å². The van der Waals surface area contributed by atoms with E-state index in [4.69, 9.17) is 0 Å². The second kappa shape index (κ2) is 12.6. The minimum atomic E-state index is 0.566. The van der Waals surface area contributed by atoms with Gasteiger partial charge >= 0.3 is 0 Å². The van der Waals surface area contributed by atoms with Crippen molar-refractivity contribution in [2.45, 2.75) is 111 Å². The largest absolute Gasteiger partial charge is 0.254 e. The van der Waals surface area contributed by atoms with E-state index < -0.39 is 0 Å². The zero-order valence-corrected chi connectivity index (χ0v) is 16.2. The molecule has 0 atom stereocenters. The van der Waals surface area contributed by atoms with Crippen LogP contribution < -0.4 is 4.57 Å². The Morgan fingerprint density at radius 3 is 1.83 bits per heavy atom. The first-order chi connectivity index (χ1) is 11.1. The lowest BCUT2D eigenvalue weighted by molar-refractivity contribution is -0.721. The van der Waals surface area contributed by atoms with Crippen molar-refractivity contribution < 1.29 is 4.57 Å². The number of unbranched alkanes of at least 4 members (excludes halogenated alkanes) is 9. The first-order valence-corrected chi connectivity index (χ1v) is 10.2. The lowest BCUT2D eigenvalue weighted by Crippen LogP contribution is -2.38. The van der Waals surface area contributed by atoms with Crippen molar-refractivity contribution in [1.29, 1.82) is 0 Å². The highest BCUT2D eigenvalue weighted by atomic mass is 15.1. The van der Waals surface area contributed by atoms with Gasteiger partial charge in [0.25, 0.3) is 5.82 Å². The maximum Gasteiger partial charge on any atom is 0.254 e. The number of hydrogen-bond donors (Lipinski definition) is 1. The molecule has 1 N–H and O–H groups in total. The summed E-state index contributed by atoms with van der Waals surface area (Å²) in [5.41, 5.74) is 0. The molecule has 0 saturated carbocycles. The number of imidazole rings is 1. The molecule has 1 aromatic rings. The second-order valence-electron chi connectivity index (χ2n) is 7.88. The van der Waals surface area contributed by atoms with Gasteiger partial charge in [-0.05, 0) is 26.2 Å². The topological polar surface area (TPSA) is 19.7 Å². The highest BCUT2D eigenvalue weighted by Gasteiger charge is 2.12. The molecule has 0 aliphatic heterocycles. The Labute approximate surface area is 145 Å². The van der Waals surface area contributed by atoms with Crippen LogP contribution >= 0.6 is 0 Å². The summed E-state index contributed by atoms with van der Waals surface area (Å²) in [7, 11) is 0. The van der Waals surface area contributed by atoms with Crippen LogP contribution in [-0.4, -0.2) is 4.98 Å². The third-order valence-corrected chi connectivity index (χ3v) is 4.80. The van der Waals surface area contributed by atoms with E-state index in [0.717, 1.165) is 5.92 Å². The Morgan fingerprint density at radius 1 is 0.783 bits per heavy atom. The number of aromatic amines is 1. The molecule has 0 radical (unpaired) electrons. The Hall–Kier alpha value is -0.790. The fraction of sp³-hybridized carbons (Fsp3) is 0.857. The molecule has 23 heavy (non-hydrogen) atoms. The van der Waals surface area contributed by atoms with Crippen LogP contribution in [0.25, 0.3) is 0 Å². The Morgan fingerprint density at radius 2 is 1.30 bits per heavy atom. The quantitative estimate of drug-likeness (QED) is 0.303. The van der Waals surface area contributed by atoms with Crippen molar-refractivity contribution in [3.05, 3.63) is 18.2 Å². The van der Waals surface area contributed by atoms with E-state index in [9.17, 15) is 0 Å². The molecule has 0 aliphatic rings. The first-order valence-electron chi connectivity index (χ1n) is 10.2. The van der Waals surface area contributed by atoms with E-state index >= 15 is 0 Å². The van der Waals surface area contributed by atoms with Crippen molar-refractivity contribution in [2.24, 2.45) is 5.92 Å². The highest BCUT2D eigenvalue weighted by molar-refractivity contribution is 4.78. The van der Waals surface area contributed by atoms with Crippen molar-refractivity contribution in [3.63, 3.8) is 0 Å². The van der Waals surface area contributed by atoms with Crippen LogP contribution in [-0.2, 0) is 6.42 Å². The van der Waals surface area contributed by atoms with E-state index in [2.05, 4.69) is 49.6 Å². The van der Waals surface area contributed by atoms with Gasteiger partial charge in [-0.1, -0.05) is 78.1 Å². The zero-order valence-electron chi connectivity index (χ0n) is 16.2. The third-order valence-electron chi connectivity index (χ3n) is 4.80. The van der Waals surface area contributed by atoms with Crippen LogP contribution in [0.15, 0.2) is 12.4 Å². The number of aryl methyl sites for hydroxylation is 1. The molecule has 1 aromatic heterocycles. The van der Waals surface area contributed by atoms with Gasteiger partial charge in [0, 0.05) is 6.42 Å². The summed E-state index contributed by atoms with van der Waals surface area (Å²) in [6, 6.07) is 0.566. The molecule has 0 fully saturated rings. The van der Waals surface area contributed by atoms with E-state index in [-0.39, 0.29) is 0 Å². The Bertz CT molecular complexity index is 379. The summed E-state index contributed by atoms with van der Waals surface area (Å²) < 4.78 is 2.36. The minimum Gasteiger partial charge on any atom is -0.248 e. The van der Waals surface area contributed by atoms with Gasteiger partial charge in [-0.15, -0.1) is 0 Å². The number of rotatable bonds is 14. The van der Waals surface area contributed by atoms with Crippen molar-refractivity contribution in [3.8, 4) is 0 Å². The SMILES string of the molecule is CC(C)CCCCCCCCCCCCc1[nH]cc[n+]1C(C)C. The summed E-state index contributed by atoms with van der Waals surface area (Å²) in [4.78, 5) is 3.39. The lowest BCUT2D eigenvalue weighted by Gasteiger charge is -2.05. The van der Waals surface area contributed by atoms with Crippen LogP contribution in [0.2, 0.25) is 0 Å². The molecule has 0 saturated heterocycles. The molecule has 0 bridgehead atoms. The molecule has 0 spiro atoms. The Kier molecular flexibility index (Phi) is 11.1. The molecule has 0 aromatic carbocycles. The molecule has 1 rings (SSSR count). The fourth-order valence-corrected chi connectivity index (χ4v) is 3.32. The van der Waals surface area contributed by atoms with Gasteiger partial charge in [0.2, 0.25) is 0 Å².